The Bertz CT molecular complexity index is 863. The molecule has 0 radical (unpaired) electrons. The van der Waals surface area contributed by atoms with Crippen LogP contribution in [0.4, 0.5) is 5.69 Å². The van der Waals surface area contributed by atoms with Crippen LogP contribution in [0, 0.1) is 5.92 Å². The van der Waals surface area contributed by atoms with Crippen LogP contribution in [-0.2, 0) is 23.1 Å². The third-order valence-electron chi connectivity index (χ3n) is 5.33. The minimum absolute atomic E-state index is 0.00689. The van der Waals surface area contributed by atoms with Gasteiger partial charge in [-0.1, -0.05) is 12.1 Å². The Kier molecular flexibility index (Phi) is 4.56. The molecule has 1 aliphatic carbocycles. The summed E-state index contributed by atoms with van der Waals surface area (Å²) in [7, 11) is 1.94. The van der Waals surface area contributed by atoms with Crippen LogP contribution in [0.25, 0.3) is 0 Å². The molecule has 1 aromatic carbocycles. The van der Waals surface area contributed by atoms with Crippen LogP contribution in [0.15, 0.2) is 34.9 Å². The van der Waals surface area contributed by atoms with Gasteiger partial charge in [-0.25, -0.2) is 0 Å². The first-order valence-electron chi connectivity index (χ1n) is 8.90. The van der Waals surface area contributed by atoms with E-state index in [1.807, 2.05) is 42.2 Å². The van der Waals surface area contributed by atoms with E-state index in [9.17, 15) is 9.59 Å². The second-order valence-corrected chi connectivity index (χ2v) is 7.83. The molecular formula is C19H21BrN4O2. The number of para-hydroxylation sites is 1. The molecule has 26 heavy (non-hydrogen) atoms. The number of rotatable bonds is 3. The highest BCUT2D eigenvalue weighted by molar-refractivity contribution is 9.10. The number of anilines is 1. The van der Waals surface area contributed by atoms with Crippen LogP contribution in [0.3, 0.4) is 0 Å². The monoisotopic (exact) mass is 416 g/mol. The molecule has 1 aromatic heterocycles. The molecule has 2 heterocycles. The average Bonchev–Trinajstić information content (AvgIpc) is 3.20. The Hall–Kier alpha value is -2.15. The van der Waals surface area contributed by atoms with Crippen molar-refractivity contribution in [3.8, 4) is 0 Å². The Morgan fingerprint density at radius 1 is 1.35 bits per heavy atom. The van der Waals surface area contributed by atoms with Gasteiger partial charge in [-0.15, -0.1) is 0 Å². The van der Waals surface area contributed by atoms with Gasteiger partial charge in [0.25, 0.3) is 0 Å². The largest absolute Gasteiger partial charge is 0.349 e. The van der Waals surface area contributed by atoms with Gasteiger partial charge < -0.3 is 10.2 Å². The maximum absolute atomic E-state index is 12.8. The highest BCUT2D eigenvalue weighted by atomic mass is 79.9. The summed E-state index contributed by atoms with van der Waals surface area (Å²) in [5.41, 5.74) is 3.12. The van der Waals surface area contributed by atoms with Gasteiger partial charge in [0.1, 0.15) is 0 Å². The molecule has 0 spiro atoms. The summed E-state index contributed by atoms with van der Waals surface area (Å²) in [5, 5.41) is 7.48. The second kappa shape index (κ2) is 6.87. The van der Waals surface area contributed by atoms with E-state index in [1.165, 1.54) is 5.69 Å². The van der Waals surface area contributed by atoms with Gasteiger partial charge >= 0.3 is 0 Å². The standard InChI is InChI=1S/C19H21BrN4O2/c1-23-16-8-4-6-15(13(16)10-21-23)22-19(26)12-9-18(25)24(11-12)17-7-3-2-5-14(17)20/h2-3,5,7,10,12,15H,4,6,8-9,11H2,1H3,(H,22,26)/t12-,15-/m0/s1. The number of aromatic nitrogens is 2. The van der Waals surface area contributed by atoms with Crippen LogP contribution >= 0.6 is 15.9 Å². The van der Waals surface area contributed by atoms with Crippen molar-refractivity contribution in [2.45, 2.75) is 31.7 Å². The van der Waals surface area contributed by atoms with Crippen molar-refractivity contribution in [3.05, 3.63) is 46.2 Å². The van der Waals surface area contributed by atoms with Gasteiger partial charge in [0.2, 0.25) is 11.8 Å². The molecule has 136 valence electrons. The molecule has 1 fully saturated rings. The second-order valence-electron chi connectivity index (χ2n) is 6.98. The summed E-state index contributed by atoms with van der Waals surface area (Å²) >= 11 is 3.49. The first-order valence-corrected chi connectivity index (χ1v) is 9.70. The number of amides is 2. The zero-order valence-corrected chi connectivity index (χ0v) is 16.2. The minimum atomic E-state index is -0.323. The van der Waals surface area contributed by atoms with Crippen LogP contribution in [0.2, 0.25) is 0 Å². The van der Waals surface area contributed by atoms with Crippen molar-refractivity contribution < 1.29 is 9.59 Å². The maximum atomic E-state index is 12.8. The number of fused-ring (bicyclic) bond motifs is 1. The molecule has 0 unspecified atom stereocenters. The summed E-state index contributed by atoms with van der Waals surface area (Å²) in [5.74, 6) is -0.381. The number of carbonyl (C=O) groups excluding carboxylic acids is 2. The van der Waals surface area contributed by atoms with E-state index in [4.69, 9.17) is 0 Å². The molecular weight excluding hydrogens is 396 g/mol. The summed E-state index contributed by atoms with van der Waals surface area (Å²) in [6, 6.07) is 7.60. The van der Waals surface area contributed by atoms with Crippen LogP contribution in [0.1, 0.15) is 36.6 Å². The number of nitrogens with one attached hydrogen (secondary N) is 1. The normalized spacial score (nSPS) is 22.4. The van der Waals surface area contributed by atoms with E-state index in [-0.39, 0.29) is 30.2 Å². The van der Waals surface area contributed by atoms with Gasteiger partial charge in [0.05, 0.1) is 23.8 Å². The van der Waals surface area contributed by atoms with Crippen molar-refractivity contribution in [3.63, 3.8) is 0 Å². The molecule has 2 atom stereocenters. The van der Waals surface area contributed by atoms with Gasteiger partial charge in [-0.05, 0) is 47.3 Å². The lowest BCUT2D eigenvalue weighted by Gasteiger charge is -2.25. The number of aryl methyl sites for hydroxylation is 1. The molecule has 0 bridgehead atoms. The highest BCUT2D eigenvalue weighted by Gasteiger charge is 2.37. The SMILES string of the molecule is Cn1ncc2c1CCC[C@@H]2NC(=O)[C@H]1CC(=O)N(c2ccccc2Br)C1. The number of benzene rings is 1. The molecule has 1 aliphatic heterocycles. The summed E-state index contributed by atoms with van der Waals surface area (Å²) in [4.78, 5) is 27.0. The predicted octanol–water partition coefficient (Wildman–Crippen LogP) is 2.73. The predicted molar refractivity (Wildman–Crippen MR) is 102 cm³/mol. The Balaban J connectivity index is 1.47. The van der Waals surface area contributed by atoms with E-state index in [1.54, 1.807) is 4.90 Å². The van der Waals surface area contributed by atoms with E-state index >= 15 is 0 Å². The number of carbonyl (C=O) groups is 2. The molecule has 1 saturated heterocycles. The minimum Gasteiger partial charge on any atom is -0.349 e. The highest BCUT2D eigenvalue weighted by Crippen LogP contribution is 2.33. The number of nitrogens with zero attached hydrogens (tertiary/aromatic N) is 3. The summed E-state index contributed by atoms with van der Waals surface area (Å²) in [6.45, 7) is 0.417. The lowest BCUT2D eigenvalue weighted by molar-refractivity contribution is -0.127. The van der Waals surface area contributed by atoms with E-state index < -0.39 is 0 Å². The average molecular weight is 417 g/mol. The quantitative estimate of drug-likeness (QED) is 0.835. The van der Waals surface area contributed by atoms with E-state index in [0.717, 1.165) is 35.0 Å². The fourth-order valence-corrected chi connectivity index (χ4v) is 4.43. The van der Waals surface area contributed by atoms with Crippen molar-refractivity contribution in [2.75, 3.05) is 11.4 Å². The summed E-state index contributed by atoms with van der Waals surface area (Å²) < 4.78 is 2.75. The molecule has 2 aromatic rings. The lowest BCUT2D eigenvalue weighted by atomic mass is 9.92. The number of hydrogen-bond donors (Lipinski definition) is 1. The first kappa shape index (κ1) is 17.3. The van der Waals surface area contributed by atoms with Crippen molar-refractivity contribution in [2.24, 2.45) is 13.0 Å². The zero-order chi connectivity index (χ0) is 18.3. The Labute approximate surface area is 160 Å². The van der Waals surface area contributed by atoms with E-state index in [0.29, 0.717) is 6.54 Å². The fraction of sp³-hybridized carbons (Fsp3) is 0.421. The molecule has 6 nitrogen and oxygen atoms in total. The molecule has 2 aliphatic rings. The Morgan fingerprint density at radius 2 is 2.15 bits per heavy atom. The van der Waals surface area contributed by atoms with Gasteiger partial charge in [0, 0.05) is 35.7 Å². The lowest BCUT2D eigenvalue weighted by Crippen LogP contribution is -2.36. The molecule has 2 amide bonds. The van der Waals surface area contributed by atoms with Gasteiger partial charge in [-0.2, -0.15) is 5.10 Å². The van der Waals surface area contributed by atoms with Crippen LogP contribution in [0.5, 0.6) is 0 Å². The van der Waals surface area contributed by atoms with Gasteiger partial charge in [-0.3, -0.25) is 14.3 Å². The summed E-state index contributed by atoms with van der Waals surface area (Å²) in [6.07, 6.45) is 5.05. The van der Waals surface area contributed by atoms with Gasteiger partial charge in [0.15, 0.2) is 0 Å². The van der Waals surface area contributed by atoms with Crippen LogP contribution < -0.4 is 10.2 Å². The molecule has 1 N–H and O–H groups in total. The third kappa shape index (κ3) is 3.05. The van der Waals surface area contributed by atoms with Crippen LogP contribution in [-0.4, -0.2) is 28.1 Å². The molecule has 4 rings (SSSR count). The van der Waals surface area contributed by atoms with Crippen molar-refractivity contribution in [1.82, 2.24) is 15.1 Å². The number of hydrogen-bond acceptors (Lipinski definition) is 3. The van der Waals surface area contributed by atoms with Crippen molar-refractivity contribution in [1.29, 1.82) is 0 Å². The first-order chi connectivity index (χ1) is 12.5. The maximum Gasteiger partial charge on any atom is 0.227 e. The number of halogens is 1. The third-order valence-corrected chi connectivity index (χ3v) is 6.00. The van der Waals surface area contributed by atoms with E-state index in [2.05, 4.69) is 26.3 Å². The molecule has 7 heteroatoms. The van der Waals surface area contributed by atoms with Crippen molar-refractivity contribution >= 4 is 33.4 Å². The zero-order valence-electron chi connectivity index (χ0n) is 14.6. The Morgan fingerprint density at radius 3 is 2.96 bits per heavy atom. The smallest absolute Gasteiger partial charge is 0.227 e. The molecule has 0 saturated carbocycles. The topological polar surface area (TPSA) is 67.2 Å². The fourth-order valence-electron chi connectivity index (χ4n) is 3.93.